The van der Waals surface area contributed by atoms with E-state index < -0.39 is 0 Å². The van der Waals surface area contributed by atoms with Crippen molar-refractivity contribution in [3.8, 4) is 5.75 Å². The largest absolute Gasteiger partial charge is 0.508 e. The molecule has 1 aromatic carbocycles. The number of hydrogen-bond acceptors (Lipinski definition) is 4. The van der Waals surface area contributed by atoms with Gasteiger partial charge in [0.2, 0.25) is 0 Å². The molecule has 1 N–H and O–H groups in total. The van der Waals surface area contributed by atoms with Crippen molar-refractivity contribution in [2.45, 2.75) is 38.9 Å². The number of benzene rings is 1. The molecule has 4 nitrogen and oxygen atoms in total. The number of rotatable bonds is 6. The van der Waals surface area contributed by atoms with Gasteiger partial charge in [-0.05, 0) is 30.5 Å². The zero-order chi connectivity index (χ0) is 14.4. The number of aromatic hydroxyl groups is 1. The molecule has 2 atom stereocenters. The van der Waals surface area contributed by atoms with Gasteiger partial charge in [-0.2, -0.15) is 0 Å². The molecule has 2 aliphatic heterocycles. The average molecular weight is 280 g/mol. The summed E-state index contributed by atoms with van der Waals surface area (Å²) in [5.41, 5.74) is 2.28. The van der Waals surface area contributed by atoms with Crippen LogP contribution in [0, 0.1) is 6.92 Å². The Morgan fingerprint density at radius 2 is 1.80 bits per heavy atom. The quantitative estimate of drug-likeness (QED) is 0.813. The molecular formula is C16H24O4. The van der Waals surface area contributed by atoms with E-state index in [4.69, 9.17) is 14.2 Å². The van der Waals surface area contributed by atoms with Crippen molar-refractivity contribution in [1.29, 1.82) is 0 Å². The number of phenols is 1. The Bertz CT molecular complexity index is 399. The van der Waals surface area contributed by atoms with Gasteiger partial charge in [0.05, 0.1) is 26.4 Å². The van der Waals surface area contributed by atoms with Crippen LogP contribution in [0.15, 0.2) is 18.2 Å². The van der Waals surface area contributed by atoms with Crippen molar-refractivity contribution in [2.75, 3.05) is 26.4 Å². The molecule has 2 saturated heterocycles. The maximum Gasteiger partial charge on any atom is 0.118 e. The van der Waals surface area contributed by atoms with Crippen molar-refractivity contribution in [3.63, 3.8) is 0 Å². The molecule has 0 bridgehead atoms. The molecule has 20 heavy (non-hydrogen) atoms. The first-order valence-electron chi connectivity index (χ1n) is 7.28. The number of phenolic OH excluding ortho intramolecular Hbond substituents is 1. The second-order valence-corrected chi connectivity index (χ2v) is 5.32. The van der Waals surface area contributed by atoms with Gasteiger partial charge in [0, 0.05) is 0 Å². The van der Waals surface area contributed by atoms with E-state index in [2.05, 4.69) is 6.92 Å². The summed E-state index contributed by atoms with van der Waals surface area (Å²) in [5, 5.41) is 9.21. The number of aryl methyl sites for hydroxylation is 2. The second-order valence-electron chi connectivity index (χ2n) is 5.32. The Morgan fingerprint density at radius 3 is 2.25 bits per heavy atom. The molecule has 0 amide bonds. The van der Waals surface area contributed by atoms with Crippen molar-refractivity contribution in [2.24, 2.45) is 0 Å². The summed E-state index contributed by atoms with van der Waals surface area (Å²) in [4.78, 5) is 0. The smallest absolute Gasteiger partial charge is 0.118 e. The average Bonchev–Trinajstić information content (AvgIpc) is 3.29. The highest BCUT2D eigenvalue weighted by Gasteiger charge is 2.26. The Morgan fingerprint density at radius 1 is 1.20 bits per heavy atom. The lowest BCUT2D eigenvalue weighted by molar-refractivity contribution is 0.102. The normalized spacial score (nSPS) is 22.9. The lowest BCUT2D eigenvalue weighted by Gasteiger charge is -2.01. The maximum absolute atomic E-state index is 9.21. The van der Waals surface area contributed by atoms with Gasteiger partial charge in [-0.15, -0.1) is 0 Å². The fourth-order valence-corrected chi connectivity index (χ4v) is 1.82. The van der Waals surface area contributed by atoms with Crippen LogP contribution in [-0.2, 0) is 20.6 Å². The van der Waals surface area contributed by atoms with Crippen molar-refractivity contribution in [1.82, 2.24) is 0 Å². The van der Waals surface area contributed by atoms with E-state index in [1.807, 2.05) is 19.1 Å². The molecule has 0 spiro atoms. The summed E-state index contributed by atoms with van der Waals surface area (Å²) >= 11 is 0. The minimum absolute atomic E-state index is 0.392. The highest BCUT2D eigenvalue weighted by Crippen LogP contribution is 2.17. The Kier molecular flexibility index (Phi) is 5.83. The first kappa shape index (κ1) is 15.3. The molecule has 2 fully saturated rings. The Labute approximate surface area is 120 Å². The van der Waals surface area contributed by atoms with Crippen LogP contribution in [0.5, 0.6) is 5.75 Å². The van der Waals surface area contributed by atoms with Crippen LogP contribution in [0.1, 0.15) is 24.5 Å². The van der Waals surface area contributed by atoms with Crippen LogP contribution >= 0.6 is 0 Å². The third-order valence-corrected chi connectivity index (χ3v) is 3.21. The molecule has 0 saturated carbocycles. The molecule has 4 heteroatoms. The van der Waals surface area contributed by atoms with Crippen molar-refractivity contribution in [3.05, 3.63) is 29.3 Å². The van der Waals surface area contributed by atoms with Gasteiger partial charge < -0.3 is 19.3 Å². The van der Waals surface area contributed by atoms with Gasteiger partial charge in [0.15, 0.2) is 0 Å². The zero-order valence-electron chi connectivity index (χ0n) is 12.3. The van der Waals surface area contributed by atoms with Crippen LogP contribution in [-0.4, -0.2) is 43.7 Å². The topological polar surface area (TPSA) is 54.5 Å². The highest BCUT2D eigenvalue weighted by atomic mass is 16.6. The summed E-state index contributed by atoms with van der Waals surface area (Å²) in [6.45, 7) is 7.34. The van der Waals surface area contributed by atoms with Gasteiger partial charge in [-0.25, -0.2) is 0 Å². The Hall–Kier alpha value is -1.10. The van der Waals surface area contributed by atoms with E-state index in [1.54, 1.807) is 6.07 Å². The molecule has 112 valence electrons. The minimum Gasteiger partial charge on any atom is -0.508 e. The van der Waals surface area contributed by atoms with Gasteiger partial charge in [0.25, 0.3) is 0 Å². The first-order valence-corrected chi connectivity index (χ1v) is 7.28. The molecule has 0 radical (unpaired) electrons. The third-order valence-electron chi connectivity index (χ3n) is 3.21. The molecule has 1 aromatic rings. The van der Waals surface area contributed by atoms with Crippen LogP contribution < -0.4 is 0 Å². The fraction of sp³-hybridized carbons (Fsp3) is 0.625. The molecule has 0 aliphatic carbocycles. The molecule has 2 aliphatic rings. The van der Waals surface area contributed by atoms with E-state index in [1.165, 1.54) is 5.56 Å². The van der Waals surface area contributed by atoms with E-state index in [0.717, 1.165) is 44.8 Å². The molecule has 3 rings (SSSR count). The number of ether oxygens (including phenoxy) is 3. The van der Waals surface area contributed by atoms with E-state index in [0.29, 0.717) is 18.0 Å². The molecule has 0 aromatic heterocycles. The maximum atomic E-state index is 9.21. The van der Waals surface area contributed by atoms with E-state index in [9.17, 15) is 5.11 Å². The van der Waals surface area contributed by atoms with Gasteiger partial charge in [-0.1, -0.05) is 25.5 Å². The van der Waals surface area contributed by atoms with E-state index in [-0.39, 0.29) is 0 Å². The van der Waals surface area contributed by atoms with Crippen LogP contribution in [0.25, 0.3) is 0 Å². The van der Waals surface area contributed by atoms with Crippen LogP contribution in [0.4, 0.5) is 0 Å². The molecule has 2 heterocycles. The summed E-state index contributed by atoms with van der Waals surface area (Å²) in [6, 6.07) is 5.78. The van der Waals surface area contributed by atoms with Gasteiger partial charge in [0.1, 0.15) is 18.0 Å². The number of epoxide rings is 2. The predicted octanol–water partition coefficient (Wildman–Crippen LogP) is 2.45. The lowest BCUT2D eigenvalue weighted by atomic mass is 10.1. The Balaban J connectivity index is 0.000000149. The number of hydrogen-bond donors (Lipinski definition) is 1. The fourth-order valence-electron chi connectivity index (χ4n) is 1.82. The van der Waals surface area contributed by atoms with Gasteiger partial charge >= 0.3 is 0 Å². The summed E-state index contributed by atoms with van der Waals surface area (Å²) in [6.07, 6.45) is 3.04. The third kappa shape index (κ3) is 5.90. The van der Waals surface area contributed by atoms with Crippen molar-refractivity contribution >= 4 is 0 Å². The molecule has 2 unspecified atom stereocenters. The monoisotopic (exact) mass is 280 g/mol. The second kappa shape index (κ2) is 7.62. The lowest BCUT2D eigenvalue weighted by Crippen LogP contribution is -2.06. The molecular weight excluding hydrogens is 256 g/mol. The minimum atomic E-state index is 0.392. The standard InChI is InChI=1S/C10H14O.C6H10O3/c1-3-4-9-5-6-10(11)8(2)7-9;1(5-3-8-5)7-2-6-4-9-6/h5-7,11H,3-4H2,1-2H3;5-6H,1-4H2. The SMILES string of the molecule is C(OCC1CO1)C1CO1.CCCc1ccc(O)c(C)c1. The highest BCUT2D eigenvalue weighted by molar-refractivity contribution is 5.34. The zero-order valence-corrected chi connectivity index (χ0v) is 12.3. The van der Waals surface area contributed by atoms with Crippen molar-refractivity contribution < 1.29 is 19.3 Å². The summed E-state index contributed by atoms with van der Waals surface area (Å²) < 4.78 is 15.1. The first-order chi connectivity index (χ1) is 9.69. The summed E-state index contributed by atoms with van der Waals surface area (Å²) in [5.74, 6) is 0.393. The van der Waals surface area contributed by atoms with Crippen LogP contribution in [0.3, 0.4) is 0 Å². The summed E-state index contributed by atoms with van der Waals surface area (Å²) in [7, 11) is 0. The van der Waals surface area contributed by atoms with E-state index >= 15 is 0 Å². The van der Waals surface area contributed by atoms with Crippen LogP contribution in [0.2, 0.25) is 0 Å². The predicted molar refractivity (Wildman–Crippen MR) is 77.1 cm³/mol. The van der Waals surface area contributed by atoms with Gasteiger partial charge in [-0.3, -0.25) is 0 Å².